The van der Waals surface area contributed by atoms with E-state index < -0.39 is 5.91 Å². The molecule has 28 heavy (non-hydrogen) atoms. The summed E-state index contributed by atoms with van der Waals surface area (Å²) in [5.74, 6) is 4.96. The normalized spacial score (nSPS) is 13.0. The predicted molar refractivity (Wildman–Crippen MR) is 107 cm³/mol. The van der Waals surface area contributed by atoms with Crippen LogP contribution in [0.2, 0.25) is 0 Å². The van der Waals surface area contributed by atoms with E-state index in [0.717, 1.165) is 22.7 Å². The first kappa shape index (κ1) is 18.1. The highest BCUT2D eigenvalue weighted by Gasteiger charge is 2.27. The van der Waals surface area contributed by atoms with Gasteiger partial charge < -0.3 is 4.74 Å². The minimum absolute atomic E-state index is 0.109. The Kier molecular flexibility index (Phi) is 5.05. The van der Waals surface area contributed by atoms with Crippen molar-refractivity contribution >= 4 is 28.8 Å². The average molecular weight is 394 g/mol. The molecule has 8 heteroatoms. The number of aromatic nitrogens is 1. The lowest BCUT2D eigenvalue weighted by molar-refractivity contribution is -0.125. The standard InChI is InChI=1S/C20H18N4O3S/c21-23-18(25)10-24-16-9-14(6-7-17(16)27-11-20(24)26)15-12-28-19(22-15)8-13-4-2-1-3-5-13/h1-7,9,12H,8,10-11,21H2,(H,23,25). The molecule has 2 heterocycles. The summed E-state index contributed by atoms with van der Waals surface area (Å²) in [7, 11) is 0. The summed E-state index contributed by atoms with van der Waals surface area (Å²) < 4.78 is 5.48. The summed E-state index contributed by atoms with van der Waals surface area (Å²) in [6.07, 6.45) is 0.765. The van der Waals surface area contributed by atoms with Crippen LogP contribution in [0.3, 0.4) is 0 Å². The number of hydrogen-bond acceptors (Lipinski definition) is 6. The molecule has 2 aromatic carbocycles. The molecule has 2 amide bonds. The highest BCUT2D eigenvalue weighted by atomic mass is 32.1. The van der Waals surface area contributed by atoms with E-state index in [0.29, 0.717) is 11.4 Å². The van der Waals surface area contributed by atoms with Gasteiger partial charge in [0.1, 0.15) is 12.3 Å². The van der Waals surface area contributed by atoms with Crippen molar-refractivity contribution in [2.75, 3.05) is 18.1 Å². The van der Waals surface area contributed by atoms with Crippen molar-refractivity contribution in [2.24, 2.45) is 5.84 Å². The van der Waals surface area contributed by atoms with Crippen LogP contribution in [0.1, 0.15) is 10.6 Å². The van der Waals surface area contributed by atoms with Crippen molar-refractivity contribution < 1.29 is 14.3 Å². The fourth-order valence-corrected chi connectivity index (χ4v) is 3.86. The highest BCUT2D eigenvalue weighted by Crippen LogP contribution is 2.36. The summed E-state index contributed by atoms with van der Waals surface area (Å²) in [5, 5.41) is 2.99. The molecular formula is C20H18N4O3S. The third-order valence-electron chi connectivity index (χ3n) is 4.41. The fourth-order valence-electron chi connectivity index (χ4n) is 3.02. The van der Waals surface area contributed by atoms with Gasteiger partial charge in [-0.15, -0.1) is 11.3 Å². The summed E-state index contributed by atoms with van der Waals surface area (Å²) >= 11 is 1.59. The molecular weight excluding hydrogens is 376 g/mol. The third kappa shape index (κ3) is 3.73. The Bertz CT molecular complexity index is 1020. The molecule has 0 spiro atoms. The van der Waals surface area contributed by atoms with E-state index in [-0.39, 0.29) is 19.1 Å². The molecule has 0 aliphatic carbocycles. The van der Waals surface area contributed by atoms with Crippen LogP contribution in [-0.4, -0.2) is 29.9 Å². The molecule has 0 fully saturated rings. The molecule has 0 saturated heterocycles. The Morgan fingerprint density at radius 3 is 2.86 bits per heavy atom. The zero-order valence-electron chi connectivity index (χ0n) is 14.9. The minimum atomic E-state index is -0.453. The highest BCUT2D eigenvalue weighted by molar-refractivity contribution is 7.10. The SMILES string of the molecule is NNC(=O)CN1C(=O)COc2ccc(-c3csc(Cc4ccccc4)n3)cc21. The number of nitrogens with one attached hydrogen (secondary N) is 1. The summed E-state index contributed by atoms with van der Waals surface area (Å²) in [6, 6.07) is 15.7. The number of ether oxygens (including phenoxy) is 1. The molecule has 4 rings (SSSR count). The van der Waals surface area contributed by atoms with Gasteiger partial charge in [0.05, 0.1) is 16.4 Å². The second-order valence-electron chi connectivity index (χ2n) is 6.31. The van der Waals surface area contributed by atoms with E-state index in [1.165, 1.54) is 10.5 Å². The van der Waals surface area contributed by atoms with Crippen molar-refractivity contribution in [1.29, 1.82) is 0 Å². The van der Waals surface area contributed by atoms with Crippen LogP contribution in [0.5, 0.6) is 5.75 Å². The second kappa shape index (κ2) is 7.79. The van der Waals surface area contributed by atoms with Crippen LogP contribution in [0.15, 0.2) is 53.9 Å². The van der Waals surface area contributed by atoms with E-state index in [1.54, 1.807) is 17.4 Å². The van der Waals surface area contributed by atoms with E-state index in [4.69, 9.17) is 15.6 Å². The zero-order valence-corrected chi connectivity index (χ0v) is 15.7. The number of amides is 2. The van der Waals surface area contributed by atoms with Crippen molar-refractivity contribution in [1.82, 2.24) is 10.4 Å². The zero-order chi connectivity index (χ0) is 19.5. The minimum Gasteiger partial charge on any atom is -0.482 e. The van der Waals surface area contributed by atoms with Gasteiger partial charge in [0.15, 0.2) is 6.61 Å². The summed E-state index contributed by atoms with van der Waals surface area (Å²) in [4.78, 5) is 30.0. The first-order valence-corrected chi connectivity index (χ1v) is 9.57. The largest absolute Gasteiger partial charge is 0.482 e. The van der Waals surface area contributed by atoms with Gasteiger partial charge in [-0.2, -0.15) is 0 Å². The molecule has 1 aliphatic rings. The smallest absolute Gasteiger partial charge is 0.265 e. The molecule has 0 atom stereocenters. The topological polar surface area (TPSA) is 97.6 Å². The lowest BCUT2D eigenvalue weighted by Crippen LogP contribution is -2.46. The van der Waals surface area contributed by atoms with Crippen molar-refractivity contribution in [3.63, 3.8) is 0 Å². The van der Waals surface area contributed by atoms with Crippen LogP contribution in [-0.2, 0) is 16.0 Å². The Labute approximate surface area is 165 Å². The molecule has 3 N–H and O–H groups in total. The maximum Gasteiger partial charge on any atom is 0.265 e. The number of nitrogens with zero attached hydrogens (tertiary/aromatic N) is 2. The number of hydrazine groups is 1. The number of carbonyl (C=O) groups excluding carboxylic acids is 2. The maximum atomic E-state index is 12.2. The van der Waals surface area contributed by atoms with E-state index in [9.17, 15) is 9.59 Å². The Morgan fingerprint density at radius 2 is 2.07 bits per heavy atom. The summed E-state index contributed by atoms with van der Waals surface area (Å²) in [6.45, 7) is -0.270. The number of fused-ring (bicyclic) bond motifs is 1. The lowest BCUT2D eigenvalue weighted by atomic mass is 10.1. The van der Waals surface area contributed by atoms with Gasteiger partial charge in [0.25, 0.3) is 11.8 Å². The predicted octanol–water partition coefficient (Wildman–Crippen LogP) is 2.12. The number of hydrogen-bond donors (Lipinski definition) is 2. The second-order valence-corrected chi connectivity index (χ2v) is 7.25. The van der Waals surface area contributed by atoms with Crippen LogP contribution < -0.4 is 20.9 Å². The van der Waals surface area contributed by atoms with Gasteiger partial charge >= 0.3 is 0 Å². The van der Waals surface area contributed by atoms with E-state index in [1.807, 2.05) is 35.7 Å². The Balaban J connectivity index is 1.61. The van der Waals surface area contributed by atoms with Crippen LogP contribution in [0.25, 0.3) is 11.3 Å². The van der Waals surface area contributed by atoms with Crippen molar-refractivity contribution in [3.8, 4) is 17.0 Å². The Hall–Kier alpha value is -3.23. The van der Waals surface area contributed by atoms with Crippen LogP contribution in [0.4, 0.5) is 5.69 Å². The number of anilines is 1. The first-order valence-electron chi connectivity index (χ1n) is 8.69. The molecule has 0 saturated carbocycles. The van der Waals surface area contributed by atoms with Crippen molar-refractivity contribution in [3.05, 3.63) is 64.5 Å². The van der Waals surface area contributed by atoms with Gasteiger partial charge in [-0.25, -0.2) is 10.8 Å². The van der Waals surface area contributed by atoms with E-state index in [2.05, 4.69) is 17.6 Å². The first-order chi connectivity index (χ1) is 13.6. The molecule has 3 aromatic rings. The van der Waals surface area contributed by atoms with Crippen LogP contribution >= 0.6 is 11.3 Å². The molecule has 0 radical (unpaired) electrons. The number of rotatable bonds is 5. The van der Waals surface area contributed by atoms with Crippen LogP contribution in [0, 0.1) is 0 Å². The van der Waals surface area contributed by atoms with Gasteiger partial charge in [0, 0.05) is 17.4 Å². The number of thiazole rings is 1. The molecule has 0 bridgehead atoms. The number of benzene rings is 2. The molecule has 1 aliphatic heterocycles. The molecule has 1 aromatic heterocycles. The molecule has 7 nitrogen and oxygen atoms in total. The maximum absolute atomic E-state index is 12.2. The number of carbonyl (C=O) groups is 2. The van der Waals surface area contributed by atoms with Gasteiger partial charge in [-0.1, -0.05) is 30.3 Å². The fraction of sp³-hybridized carbons (Fsp3) is 0.150. The van der Waals surface area contributed by atoms with Crippen molar-refractivity contribution in [2.45, 2.75) is 6.42 Å². The quantitative estimate of drug-likeness (QED) is 0.392. The molecule has 142 valence electrons. The van der Waals surface area contributed by atoms with Gasteiger partial charge in [-0.05, 0) is 23.8 Å². The Morgan fingerprint density at radius 1 is 1.25 bits per heavy atom. The monoisotopic (exact) mass is 394 g/mol. The van der Waals surface area contributed by atoms with Gasteiger partial charge in [-0.3, -0.25) is 19.9 Å². The number of nitrogens with two attached hydrogens (primary N) is 1. The molecule has 0 unspecified atom stereocenters. The summed E-state index contributed by atoms with van der Waals surface area (Å²) in [5.41, 5.74) is 5.46. The van der Waals surface area contributed by atoms with E-state index >= 15 is 0 Å². The lowest BCUT2D eigenvalue weighted by Gasteiger charge is -2.29. The average Bonchev–Trinajstić information content (AvgIpc) is 3.19. The third-order valence-corrected chi connectivity index (χ3v) is 5.26. The van der Waals surface area contributed by atoms with Gasteiger partial charge in [0.2, 0.25) is 0 Å².